The predicted molar refractivity (Wildman–Crippen MR) is 97.8 cm³/mol. The van der Waals surface area contributed by atoms with E-state index in [-0.39, 0.29) is 0 Å². The van der Waals surface area contributed by atoms with Crippen molar-refractivity contribution in [1.29, 1.82) is 0 Å². The van der Waals surface area contributed by atoms with Crippen LogP contribution in [0.15, 0.2) is 0 Å². The molecule has 0 aromatic heterocycles. The molecule has 0 unspecified atom stereocenters. The van der Waals surface area contributed by atoms with E-state index < -0.39 is 0 Å². The van der Waals surface area contributed by atoms with Crippen molar-refractivity contribution >= 4 is 0 Å². The van der Waals surface area contributed by atoms with E-state index in [2.05, 4.69) is 25.9 Å². The van der Waals surface area contributed by atoms with Gasteiger partial charge in [0.15, 0.2) is 0 Å². The number of hydrogen-bond donors (Lipinski definition) is 0. The van der Waals surface area contributed by atoms with Crippen molar-refractivity contribution in [2.45, 2.75) is 103 Å². The van der Waals surface area contributed by atoms with Gasteiger partial charge < -0.3 is 4.90 Å². The van der Waals surface area contributed by atoms with Crippen LogP contribution in [0, 0.1) is 6.92 Å². The van der Waals surface area contributed by atoms with Gasteiger partial charge >= 0.3 is 0 Å². The topological polar surface area (TPSA) is 3.24 Å². The summed E-state index contributed by atoms with van der Waals surface area (Å²) >= 11 is 0. The van der Waals surface area contributed by atoms with Gasteiger partial charge in [-0.3, -0.25) is 0 Å². The lowest BCUT2D eigenvalue weighted by Crippen LogP contribution is -2.12. The summed E-state index contributed by atoms with van der Waals surface area (Å²) in [7, 11) is 4.34. The lowest BCUT2D eigenvalue weighted by Gasteiger charge is -2.08. The van der Waals surface area contributed by atoms with E-state index in [0.717, 1.165) is 6.42 Å². The Morgan fingerprint density at radius 2 is 0.762 bits per heavy atom. The van der Waals surface area contributed by atoms with Crippen molar-refractivity contribution < 1.29 is 0 Å². The maximum atomic E-state index is 3.89. The molecule has 0 aliphatic rings. The third-order valence-electron chi connectivity index (χ3n) is 4.36. The molecule has 21 heavy (non-hydrogen) atoms. The molecule has 0 aromatic carbocycles. The van der Waals surface area contributed by atoms with E-state index in [1.807, 2.05) is 0 Å². The average molecular weight is 297 g/mol. The second-order valence-electron chi connectivity index (χ2n) is 6.96. The highest BCUT2D eigenvalue weighted by molar-refractivity contribution is 4.51. The Morgan fingerprint density at radius 1 is 0.476 bits per heavy atom. The van der Waals surface area contributed by atoms with Gasteiger partial charge in [-0.05, 0) is 27.1 Å². The first-order valence-corrected chi connectivity index (χ1v) is 9.71. The fourth-order valence-corrected chi connectivity index (χ4v) is 2.90. The molecule has 0 bridgehead atoms. The van der Waals surface area contributed by atoms with E-state index in [0.29, 0.717) is 0 Å². The fraction of sp³-hybridized carbons (Fsp3) is 0.950. The summed E-state index contributed by atoms with van der Waals surface area (Å²) < 4.78 is 0. The van der Waals surface area contributed by atoms with Crippen molar-refractivity contribution in [2.24, 2.45) is 0 Å². The Balaban J connectivity index is 2.93. The summed E-state index contributed by atoms with van der Waals surface area (Å²) in [5, 5.41) is 0. The third-order valence-corrected chi connectivity index (χ3v) is 4.36. The van der Waals surface area contributed by atoms with Crippen LogP contribution in [0.4, 0.5) is 0 Å². The zero-order valence-corrected chi connectivity index (χ0v) is 15.2. The van der Waals surface area contributed by atoms with Crippen LogP contribution in [0.1, 0.15) is 103 Å². The van der Waals surface area contributed by atoms with Gasteiger partial charge in [-0.15, -0.1) is 0 Å². The van der Waals surface area contributed by atoms with E-state index in [4.69, 9.17) is 0 Å². The zero-order chi connectivity index (χ0) is 15.6. The highest BCUT2D eigenvalue weighted by atomic mass is 15.0. The van der Waals surface area contributed by atoms with Gasteiger partial charge in [-0.1, -0.05) is 103 Å². The number of hydrogen-bond acceptors (Lipinski definition) is 1. The Kier molecular flexibility index (Phi) is 18.0. The van der Waals surface area contributed by atoms with Gasteiger partial charge in [0, 0.05) is 0 Å². The Labute approximate surface area is 135 Å². The summed E-state index contributed by atoms with van der Waals surface area (Å²) in [5.74, 6) is 0. The monoisotopic (exact) mass is 296 g/mol. The molecule has 1 radical (unpaired) electrons. The SMILES string of the molecule is [CH2]CCCCCCCCCCCCCCCCCN(C)C. The molecule has 0 N–H and O–H groups in total. The zero-order valence-electron chi connectivity index (χ0n) is 15.2. The van der Waals surface area contributed by atoms with Gasteiger partial charge in [-0.25, -0.2) is 0 Å². The average Bonchev–Trinajstić information content (AvgIpc) is 2.46. The summed E-state index contributed by atoms with van der Waals surface area (Å²) in [6.07, 6.45) is 22.7. The molecular formula is C20H42N. The lowest BCUT2D eigenvalue weighted by atomic mass is 10.0. The van der Waals surface area contributed by atoms with Crippen LogP contribution in [-0.2, 0) is 0 Å². The minimum Gasteiger partial charge on any atom is -0.309 e. The van der Waals surface area contributed by atoms with Crippen molar-refractivity contribution in [3.63, 3.8) is 0 Å². The van der Waals surface area contributed by atoms with Gasteiger partial charge in [0.1, 0.15) is 0 Å². The quantitative estimate of drug-likeness (QED) is 0.272. The fourth-order valence-electron chi connectivity index (χ4n) is 2.90. The van der Waals surface area contributed by atoms with Crippen LogP contribution in [-0.4, -0.2) is 25.5 Å². The van der Waals surface area contributed by atoms with Crippen molar-refractivity contribution in [2.75, 3.05) is 20.6 Å². The summed E-state index contributed by atoms with van der Waals surface area (Å²) in [6, 6.07) is 0. The third kappa shape index (κ3) is 20.0. The molecular weight excluding hydrogens is 254 g/mol. The van der Waals surface area contributed by atoms with Crippen LogP contribution in [0.5, 0.6) is 0 Å². The molecule has 0 aromatic rings. The van der Waals surface area contributed by atoms with Crippen LogP contribution in [0.25, 0.3) is 0 Å². The first kappa shape index (κ1) is 21.0. The van der Waals surface area contributed by atoms with Crippen LogP contribution in [0.2, 0.25) is 0 Å². The van der Waals surface area contributed by atoms with Gasteiger partial charge in [0.05, 0.1) is 0 Å². The van der Waals surface area contributed by atoms with E-state index >= 15 is 0 Å². The second kappa shape index (κ2) is 18.0. The molecule has 0 amide bonds. The molecule has 0 saturated carbocycles. The van der Waals surface area contributed by atoms with Crippen LogP contribution >= 0.6 is 0 Å². The number of rotatable bonds is 17. The van der Waals surface area contributed by atoms with Gasteiger partial charge in [0.2, 0.25) is 0 Å². The van der Waals surface area contributed by atoms with E-state index in [9.17, 15) is 0 Å². The molecule has 127 valence electrons. The maximum Gasteiger partial charge on any atom is -0.00248 e. The van der Waals surface area contributed by atoms with Crippen LogP contribution < -0.4 is 0 Å². The summed E-state index contributed by atoms with van der Waals surface area (Å²) in [6.45, 7) is 5.15. The molecule has 0 rings (SSSR count). The molecule has 0 atom stereocenters. The predicted octanol–water partition coefficient (Wildman–Crippen LogP) is 6.62. The molecule has 1 heteroatoms. The van der Waals surface area contributed by atoms with Crippen LogP contribution in [0.3, 0.4) is 0 Å². The van der Waals surface area contributed by atoms with Gasteiger partial charge in [-0.2, -0.15) is 0 Å². The normalized spacial score (nSPS) is 11.4. The van der Waals surface area contributed by atoms with Gasteiger partial charge in [0.25, 0.3) is 0 Å². The summed E-state index contributed by atoms with van der Waals surface area (Å²) in [5.41, 5.74) is 0. The Morgan fingerprint density at radius 3 is 1.05 bits per heavy atom. The lowest BCUT2D eigenvalue weighted by molar-refractivity contribution is 0.389. The summed E-state index contributed by atoms with van der Waals surface area (Å²) in [4.78, 5) is 2.29. The van der Waals surface area contributed by atoms with Crippen molar-refractivity contribution in [1.82, 2.24) is 4.90 Å². The minimum absolute atomic E-state index is 1.12. The molecule has 0 aliphatic heterocycles. The molecule has 0 saturated heterocycles. The minimum atomic E-state index is 1.12. The molecule has 0 aliphatic carbocycles. The Bertz CT molecular complexity index is 177. The highest BCUT2D eigenvalue weighted by Crippen LogP contribution is 2.13. The van der Waals surface area contributed by atoms with E-state index in [1.54, 1.807) is 0 Å². The van der Waals surface area contributed by atoms with Crippen molar-refractivity contribution in [3.8, 4) is 0 Å². The Hall–Kier alpha value is -0.0400. The standard InChI is InChI=1S/C20H42N/c1-4-5-6-7-8-9-10-11-12-13-14-15-16-17-18-19-20-21(2)3/h1,4-20H2,2-3H3. The number of unbranched alkanes of at least 4 members (excludes halogenated alkanes) is 15. The maximum absolute atomic E-state index is 3.89. The number of nitrogens with zero attached hydrogens (tertiary/aromatic N) is 1. The molecule has 1 nitrogen and oxygen atoms in total. The second-order valence-corrected chi connectivity index (χ2v) is 6.96. The van der Waals surface area contributed by atoms with Crippen molar-refractivity contribution in [3.05, 3.63) is 6.92 Å². The molecule has 0 heterocycles. The first-order chi connectivity index (χ1) is 10.3. The molecule has 0 spiro atoms. The first-order valence-electron chi connectivity index (χ1n) is 9.71. The van der Waals surface area contributed by atoms with E-state index in [1.165, 1.54) is 103 Å². The largest absolute Gasteiger partial charge is 0.309 e. The smallest absolute Gasteiger partial charge is 0.00248 e. The highest BCUT2D eigenvalue weighted by Gasteiger charge is 1.95. The molecule has 0 fully saturated rings.